The number of phenols is 1. The third-order valence-electron chi connectivity index (χ3n) is 5.99. The highest BCUT2D eigenvalue weighted by atomic mass is 16.5. The Kier molecular flexibility index (Phi) is 12.2. The van der Waals surface area contributed by atoms with Crippen LogP contribution in [0.2, 0.25) is 0 Å². The minimum atomic E-state index is -0.238. The number of aromatic hydroxyl groups is 1. The van der Waals surface area contributed by atoms with E-state index in [0.717, 1.165) is 37.5 Å². The van der Waals surface area contributed by atoms with E-state index in [0.29, 0.717) is 24.4 Å². The third kappa shape index (κ3) is 8.97. The Bertz CT molecular complexity index is 1070. The van der Waals surface area contributed by atoms with Crippen molar-refractivity contribution < 1.29 is 14.6 Å². The fourth-order valence-electron chi connectivity index (χ4n) is 4.03. The molecule has 1 aromatic heterocycles. The average molecular weight is 482 g/mol. The van der Waals surface area contributed by atoms with Gasteiger partial charge in [-0.05, 0) is 58.2 Å². The number of nitrogens with zero attached hydrogens (tertiary/aromatic N) is 1. The zero-order valence-corrected chi connectivity index (χ0v) is 22.1. The van der Waals surface area contributed by atoms with Crippen LogP contribution in [0.4, 0.5) is 0 Å². The number of allylic oxidation sites excluding steroid dienone is 3. The van der Waals surface area contributed by atoms with Gasteiger partial charge in [-0.15, -0.1) is 0 Å². The van der Waals surface area contributed by atoms with E-state index in [9.17, 15) is 9.90 Å². The normalized spacial score (nSPS) is 11.5. The maximum atomic E-state index is 13.5. The summed E-state index contributed by atoms with van der Waals surface area (Å²) < 4.78 is 13.7. The van der Waals surface area contributed by atoms with Gasteiger partial charge in [0.2, 0.25) is 5.75 Å². The molecule has 2 rings (SSSR count). The molecule has 1 heterocycles. The molecular formula is C30H43NO4. The number of aryl methyl sites for hydroxylation is 1. The number of pyridine rings is 1. The van der Waals surface area contributed by atoms with Crippen LogP contribution in [0.5, 0.6) is 17.2 Å². The second kappa shape index (κ2) is 15.1. The molecule has 0 saturated heterocycles. The number of ether oxygens (including phenoxy) is 2. The van der Waals surface area contributed by atoms with Crippen LogP contribution in [-0.2, 0) is 6.54 Å². The molecule has 35 heavy (non-hydrogen) atoms. The second-order valence-corrected chi connectivity index (χ2v) is 9.37. The van der Waals surface area contributed by atoms with Gasteiger partial charge in [0.25, 0.3) is 5.56 Å². The number of hydrogen-bond donors (Lipinski definition) is 1. The van der Waals surface area contributed by atoms with Crippen LogP contribution in [0.25, 0.3) is 10.9 Å². The monoisotopic (exact) mass is 481 g/mol. The maximum absolute atomic E-state index is 13.5. The highest BCUT2D eigenvalue weighted by molar-refractivity contribution is 5.89. The molecule has 0 unspecified atom stereocenters. The molecule has 0 spiro atoms. The number of aromatic nitrogens is 1. The van der Waals surface area contributed by atoms with Crippen molar-refractivity contribution in [3.63, 3.8) is 0 Å². The largest absolute Gasteiger partial charge is 0.508 e. The summed E-state index contributed by atoms with van der Waals surface area (Å²) >= 11 is 0. The number of phenolic OH excluding ortho intramolecular Hbond substituents is 1. The minimum Gasteiger partial charge on any atom is -0.508 e. The lowest BCUT2D eigenvalue weighted by molar-refractivity contribution is 0.304. The van der Waals surface area contributed by atoms with Gasteiger partial charge in [0.15, 0.2) is 5.75 Å². The Morgan fingerprint density at radius 2 is 1.71 bits per heavy atom. The number of hydrogen-bond acceptors (Lipinski definition) is 4. The molecule has 0 radical (unpaired) electrons. The van der Waals surface area contributed by atoms with Crippen LogP contribution in [-0.4, -0.2) is 22.9 Å². The standard InChI is InChI=1S/C30H43NO4/c1-6-8-9-10-11-12-19-31-27-22-25(32)16-17-26(27)28(29(30(31)33)34-20-7-2)35-21-18-24(5)15-13-14-23(3)4/h7,14,16-18,22,32H,2,6,8-13,15,19-21H2,1,3-5H3/b24-18+. The number of unbranched alkanes of at least 4 members (excludes halogenated alkanes) is 5. The van der Waals surface area contributed by atoms with E-state index < -0.39 is 0 Å². The SMILES string of the molecule is C=CCOc1c(OC/C=C(\C)CCC=C(C)C)c2ccc(O)cc2n(CCCCCCCC)c1=O. The second-order valence-electron chi connectivity index (χ2n) is 9.37. The lowest BCUT2D eigenvalue weighted by Gasteiger charge is -2.18. The molecule has 0 aliphatic rings. The lowest BCUT2D eigenvalue weighted by atomic mass is 10.1. The van der Waals surface area contributed by atoms with Crippen molar-refractivity contribution >= 4 is 10.9 Å². The Labute approximate surface area is 210 Å². The fraction of sp³-hybridized carbons (Fsp3) is 0.500. The molecule has 0 fully saturated rings. The lowest BCUT2D eigenvalue weighted by Crippen LogP contribution is -2.24. The van der Waals surface area contributed by atoms with Crippen LogP contribution in [0.3, 0.4) is 0 Å². The van der Waals surface area contributed by atoms with E-state index in [1.54, 1.807) is 28.8 Å². The molecule has 0 aliphatic heterocycles. The van der Waals surface area contributed by atoms with Crippen LogP contribution >= 0.6 is 0 Å². The van der Waals surface area contributed by atoms with Crippen LogP contribution in [0.15, 0.2) is 58.9 Å². The quantitative estimate of drug-likeness (QED) is 0.197. The summed E-state index contributed by atoms with van der Waals surface area (Å²) in [5, 5.41) is 10.9. The van der Waals surface area contributed by atoms with E-state index in [4.69, 9.17) is 9.47 Å². The molecule has 0 bridgehead atoms. The van der Waals surface area contributed by atoms with E-state index >= 15 is 0 Å². The van der Waals surface area contributed by atoms with Crippen LogP contribution in [0.1, 0.15) is 79.1 Å². The third-order valence-corrected chi connectivity index (χ3v) is 5.99. The fourth-order valence-corrected chi connectivity index (χ4v) is 4.03. The summed E-state index contributed by atoms with van der Waals surface area (Å²) in [4.78, 5) is 13.5. The van der Waals surface area contributed by atoms with Crippen molar-refractivity contribution in [2.45, 2.75) is 85.6 Å². The van der Waals surface area contributed by atoms with E-state index in [1.807, 2.05) is 6.08 Å². The Hall–Kier alpha value is -2.95. The van der Waals surface area contributed by atoms with E-state index in [-0.39, 0.29) is 23.7 Å². The van der Waals surface area contributed by atoms with Gasteiger partial charge in [-0.2, -0.15) is 0 Å². The highest BCUT2D eigenvalue weighted by Gasteiger charge is 2.20. The molecule has 192 valence electrons. The summed E-state index contributed by atoms with van der Waals surface area (Å²) in [6.07, 6.45) is 14.6. The smallest absolute Gasteiger partial charge is 0.297 e. The first-order chi connectivity index (χ1) is 16.9. The van der Waals surface area contributed by atoms with Crippen molar-refractivity contribution in [3.05, 3.63) is 64.5 Å². The summed E-state index contributed by atoms with van der Waals surface area (Å²) in [5.41, 5.74) is 2.97. The van der Waals surface area contributed by atoms with Crippen LogP contribution in [0, 0.1) is 0 Å². The van der Waals surface area contributed by atoms with E-state index in [1.165, 1.54) is 30.4 Å². The van der Waals surface area contributed by atoms with E-state index in [2.05, 4.69) is 40.3 Å². The Morgan fingerprint density at radius 3 is 2.43 bits per heavy atom. The van der Waals surface area contributed by atoms with Gasteiger partial charge in [-0.25, -0.2) is 0 Å². The van der Waals surface area contributed by atoms with Gasteiger partial charge < -0.3 is 19.1 Å². The average Bonchev–Trinajstić information content (AvgIpc) is 2.82. The minimum absolute atomic E-state index is 0.120. The first-order valence-corrected chi connectivity index (χ1v) is 12.9. The summed E-state index contributed by atoms with van der Waals surface area (Å²) in [6, 6.07) is 5.05. The zero-order chi connectivity index (χ0) is 25.6. The van der Waals surface area contributed by atoms with Crippen molar-refractivity contribution in [3.8, 4) is 17.2 Å². The molecule has 0 amide bonds. The first-order valence-electron chi connectivity index (χ1n) is 12.9. The van der Waals surface area contributed by atoms with Gasteiger partial charge in [-0.1, -0.05) is 68.9 Å². The van der Waals surface area contributed by atoms with Gasteiger partial charge in [-0.3, -0.25) is 4.79 Å². The molecule has 1 aromatic carbocycles. The Balaban J connectivity index is 2.34. The predicted molar refractivity (Wildman–Crippen MR) is 147 cm³/mol. The molecular weight excluding hydrogens is 438 g/mol. The molecule has 5 heteroatoms. The summed E-state index contributed by atoms with van der Waals surface area (Å²) in [6.45, 7) is 13.3. The highest BCUT2D eigenvalue weighted by Crippen LogP contribution is 2.35. The molecule has 0 atom stereocenters. The summed E-state index contributed by atoms with van der Waals surface area (Å²) in [7, 11) is 0. The molecule has 0 saturated carbocycles. The maximum Gasteiger partial charge on any atom is 0.297 e. The zero-order valence-electron chi connectivity index (χ0n) is 22.1. The Morgan fingerprint density at radius 1 is 1.00 bits per heavy atom. The first kappa shape index (κ1) is 28.3. The van der Waals surface area contributed by atoms with Crippen molar-refractivity contribution in [1.29, 1.82) is 0 Å². The van der Waals surface area contributed by atoms with Gasteiger partial charge in [0, 0.05) is 18.0 Å². The molecule has 5 nitrogen and oxygen atoms in total. The van der Waals surface area contributed by atoms with Gasteiger partial charge >= 0.3 is 0 Å². The topological polar surface area (TPSA) is 60.7 Å². The molecule has 0 aliphatic carbocycles. The molecule has 2 aromatic rings. The van der Waals surface area contributed by atoms with Gasteiger partial charge in [0.05, 0.1) is 5.52 Å². The molecule has 1 N–H and O–H groups in total. The number of benzene rings is 1. The van der Waals surface area contributed by atoms with Crippen molar-refractivity contribution in [1.82, 2.24) is 4.57 Å². The van der Waals surface area contributed by atoms with Gasteiger partial charge in [0.1, 0.15) is 19.0 Å². The predicted octanol–water partition coefficient (Wildman–Crippen LogP) is 7.70. The number of rotatable bonds is 16. The number of fused-ring (bicyclic) bond motifs is 1. The van der Waals surface area contributed by atoms with Crippen molar-refractivity contribution in [2.75, 3.05) is 13.2 Å². The van der Waals surface area contributed by atoms with Crippen molar-refractivity contribution in [2.24, 2.45) is 0 Å². The van der Waals surface area contributed by atoms with Crippen LogP contribution < -0.4 is 15.0 Å². The summed E-state index contributed by atoms with van der Waals surface area (Å²) in [5.74, 6) is 0.735.